The number of fused-ring (bicyclic) bond motifs is 1. The number of aryl methyl sites for hydroxylation is 2. The Labute approximate surface area is 167 Å². The molecule has 0 unspecified atom stereocenters. The van der Waals surface area contributed by atoms with Gasteiger partial charge in [0, 0.05) is 10.6 Å². The molecule has 0 bridgehead atoms. The Kier molecular flexibility index (Phi) is 4.83. The van der Waals surface area contributed by atoms with Gasteiger partial charge in [-0.3, -0.25) is 9.59 Å². The van der Waals surface area contributed by atoms with Gasteiger partial charge >= 0.3 is 0 Å². The lowest BCUT2D eigenvalue weighted by molar-refractivity contribution is -0.117. The van der Waals surface area contributed by atoms with Gasteiger partial charge in [-0.25, -0.2) is 4.98 Å². The number of hydrogen-bond donors (Lipinski definition) is 2. The Morgan fingerprint density at radius 2 is 1.86 bits per heavy atom. The van der Waals surface area contributed by atoms with Crippen molar-refractivity contribution < 1.29 is 9.59 Å². The Balaban J connectivity index is 1.61. The average molecular weight is 392 g/mol. The number of amides is 2. The van der Waals surface area contributed by atoms with Crippen LogP contribution < -0.4 is 10.6 Å². The number of para-hydroxylation sites is 1. The highest BCUT2D eigenvalue weighted by atomic mass is 32.1. The van der Waals surface area contributed by atoms with Gasteiger partial charge in [-0.15, -0.1) is 11.3 Å². The summed E-state index contributed by atoms with van der Waals surface area (Å²) < 4.78 is 0. The number of thiazole rings is 1. The van der Waals surface area contributed by atoms with Crippen molar-refractivity contribution >= 4 is 34.0 Å². The first-order valence-corrected chi connectivity index (χ1v) is 9.80. The molecule has 0 spiro atoms. The minimum atomic E-state index is -0.422. The summed E-state index contributed by atoms with van der Waals surface area (Å²) in [6.07, 6.45) is -0.422. The van der Waals surface area contributed by atoms with Gasteiger partial charge < -0.3 is 15.5 Å². The van der Waals surface area contributed by atoms with Gasteiger partial charge in [-0.2, -0.15) is 0 Å². The van der Waals surface area contributed by atoms with E-state index >= 15 is 0 Å². The normalized spacial score (nSPS) is 15.7. The lowest BCUT2D eigenvalue weighted by Gasteiger charge is -2.37. The summed E-state index contributed by atoms with van der Waals surface area (Å²) in [7, 11) is 0. The highest BCUT2D eigenvalue weighted by molar-refractivity contribution is 7.15. The van der Waals surface area contributed by atoms with Crippen molar-refractivity contribution in [2.75, 3.05) is 17.2 Å². The van der Waals surface area contributed by atoms with Gasteiger partial charge in [0.25, 0.3) is 5.91 Å². The zero-order valence-corrected chi connectivity index (χ0v) is 16.4. The second-order valence-corrected chi connectivity index (χ2v) is 7.85. The molecule has 0 saturated carbocycles. The summed E-state index contributed by atoms with van der Waals surface area (Å²) in [6, 6.07) is 17.0. The molecule has 0 saturated heterocycles. The molecule has 1 atom stereocenters. The summed E-state index contributed by atoms with van der Waals surface area (Å²) in [4.78, 5) is 32.8. The van der Waals surface area contributed by atoms with Crippen LogP contribution in [-0.4, -0.2) is 28.2 Å². The van der Waals surface area contributed by atoms with Crippen LogP contribution in [0.2, 0.25) is 0 Å². The number of rotatable bonds is 4. The minimum Gasteiger partial charge on any atom is -0.361 e. The lowest BCUT2D eigenvalue weighted by atomic mass is 10.0. The van der Waals surface area contributed by atoms with E-state index in [0.717, 1.165) is 21.8 Å². The Bertz CT molecular complexity index is 1010. The van der Waals surface area contributed by atoms with Gasteiger partial charge in [-0.05, 0) is 31.5 Å². The molecule has 0 fully saturated rings. The number of benzene rings is 2. The van der Waals surface area contributed by atoms with E-state index in [0.29, 0.717) is 10.7 Å². The molecule has 2 amide bonds. The lowest BCUT2D eigenvalue weighted by Crippen LogP contribution is -2.46. The van der Waals surface area contributed by atoms with Crippen molar-refractivity contribution in [1.29, 1.82) is 0 Å². The molecule has 0 aliphatic carbocycles. The quantitative estimate of drug-likeness (QED) is 0.705. The van der Waals surface area contributed by atoms with E-state index < -0.39 is 6.17 Å². The molecular formula is C21H20N4O2S. The number of anilines is 2. The third-order valence-electron chi connectivity index (χ3n) is 4.73. The van der Waals surface area contributed by atoms with Crippen LogP contribution in [0, 0.1) is 13.8 Å². The first kappa shape index (κ1) is 18.2. The van der Waals surface area contributed by atoms with E-state index in [-0.39, 0.29) is 18.4 Å². The summed E-state index contributed by atoms with van der Waals surface area (Å²) in [5.74, 6) is -0.450. The second-order valence-electron chi connectivity index (χ2n) is 6.64. The van der Waals surface area contributed by atoms with Crippen molar-refractivity contribution in [2.24, 2.45) is 0 Å². The predicted octanol–water partition coefficient (Wildman–Crippen LogP) is 3.97. The molecule has 7 heteroatoms. The number of aromatic nitrogens is 1. The fourth-order valence-electron chi connectivity index (χ4n) is 3.19. The van der Waals surface area contributed by atoms with Gasteiger partial charge in [0.05, 0.1) is 11.3 Å². The molecule has 1 aliphatic rings. The van der Waals surface area contributed by atoms with E-state index in [9.17, 15) is 9.59 Å². The summed E-state index contributed by atoms with van der Waals surface area (Å²) in [6.45, 7) is 3.79. The Morgan fingerprint density at radius 3 is 2.57 bits per heavy atom. The summed E-state index contributed by atoms with van der Waals surface area (Å²) in [5, 5.41) is 6.75. The SMILES string of the molecule is Cc1nc(NC(=O)CN2C(=O)c3ccccc3N[C@@H]2c2ccccc2)sc1C. The van der Waals surface area contributed by atoms with Crippen molar-refractivity contribution in [2.45, 2.75) is 20.0 Å². The monoisotopic (exact) mass is 392 g/mol. The average Bonchev–Trinajstić information content (AvgIpc) is 3.01. The molecule has 0 radical (unpaired) electrons. The van der Waals surface area contributed by atoms with Crippen LogP contribution in [0.1, 0.15) is 32.7 Å². The number of carbonyl (C=O) groups is 2. The third kappa shape index (κ3) is 3.48. The molecule has 142 valence electrons. The molecular weight excluding hydrogens is 372 g/mol. The maximum absolute atomic E-state index is 13.1. The maximum Gasteiger partial charge on any atom is 0.258 e. The van der Waals surface area contributed by atoms with Crippen molar-refractivity contribution in [3.8, 4) is 0 Å². The second kappa shape index (κ2) is 7.44. The van der Waals surface area contributed by atoms with E-state index in [1.807, 2.05) is 62.4 Å². The van der Waals surface area contributed by atoms with Gasteiger partial charge in [-0.1, -0.05) is 42.5 Å². The van der Waals surface area contributed by atoms with Gasteiger partial charge in [0.2, 0.25) is 5.91 Å². The number of nitrogens with zero attached hydrogens (tertiary/aromatic N) is 2. The van der Waals surface area contributed by atoms with Crippen LogP contribution in [-0.2, 0) is 4.79 Å². The largest absolute Gasteiger partial charge is 0.361 e. The highest BCUT2D eigenvalue weighted by Gasteiger charge is 2.34. The molecule has 3 aromatic rings. The zero-order valence-electron chi connectivity index (χ0n) is 15.6. The predicted molar refractivity (Wildman–Crippen MR) is 111 cm³/mol. The standard InChI is InChI=1S/C21H20N4O2S/c1-13-14(2)28-21(22-13)24-18(26)12-25-19(15-8-4-3-5-9-15)23-17-11-7-6-10-16(17)20(25)27/h3-11,19,23H,12H2,1-2H3,(H,22,24,26)/t19-/m0/s1. The molecule has 1 aliphatic heterocycles. The topological polar surface area (TPSA) is 74.3 Å². The van der Waals surface area contributed by atoms with E-state index in [2.05, 4.69) is 15.6 Å². The summed E-state index contributed by atoms with van der Waals surface area (Å²) >= 11 is 1.43. The van der Waals surface area contributed by atoms with E-state index in [1.165, 1.54) is 11.3 Å². The van der Waals surface area contributed by atoms with Crippen LogP contribution in [0.3, 0.4) is 0 Å². The van der Waals surface area contributed by atoms with Crippen LogP contribution >= 0.6 is 11.3 Å². The number of hydrogen-bond acceptors (Lipinski definition) is 5. The van der Waals surface area contributed by atoms with Crippen LogP contribution in [0.5, 0.6) is 0 Å². The molecule has 4 rings (SSSR count). The maximum atomic E-state index is 13.1. The summed E-state index contributed by atoms with van der Waals surface area (Å²) in [5.41, 5.74) is 3.14. The fourth-order valence-corrected chi connectivity index (χ4v) is 4.02. The van der Waals surface area contributed by atoms with Crippen molar-refractivity contribution in [3.63, 3.8) is 0 Å². The molecule has 6 nitrogen and oxygen atoms in total. The van der Waals surface area contributed by atoms with E-state index in [1.54, 1.807) is 11.0 Å². The molecule has 1 aromatic heterocycles. The smallest absolute Gasteiger partial charge is 0.258 e. The fraction of sp³-hybridized carbons (Fsp3) is 0.190. The highest BCUT2D eigenvalue weighted by Crippen LogP contribution is 2.33. The first-order chi connectivity index (χ1) is 13.5. The number of nitrogens with one attached hydrogen (secondary N) is 2. The Hall–Kier alpha value is -3.19. The van der Waals surface area contributed by atoms with Crippen LogP contribution in [0.25, 0.3) is 0 Å². The van der Waals surface area contributed by atoms with Crippen LogP contribution in [0.4, 0.5) is 10.8 Å². The minimum absolute atomic E-state index is 0.0720. The molecule has 2 heterocycles. The van der Waals surface area contributed by atoms with Gasteiger partial charge in [0.15, 0.2) is 5.13 Å². The number of carbonyl (C=O) groups excluding carboxylic acids is 2. The zero-order chi connectivity index (χ0) is 19.7. The van der Waals surface area contributed by atoms with Crippen molar-refractivity contribution in [1.82, 2.24) is 9.88 Å². The van der Waals surface area contributed by atoms with E-state index in [4.69, 9.17) is 0 Å². The third-order valence-corrected chi connectivity index (χ3v) is 5.71. The Morgan fingerprint density at radius 1 is 1.14 bits per heavy atom. The molecule has 2 aromatic carbocycles. The molecule has 2 N–H and O–H groups in total. The van der Waals surface area contributed by atoms with Gasteiger partial charge in [0.1, 0.15) is 12.7 Å². The molecule has 28 heavy (non-hydrogen) atoms. The van der Waals surface area contributed by atoms with Crippen LogP contribution in [0.15, 0.2) is 54.6 Å². The van der Waals surface area contributed by atoms with Crippen molar-refractivity contribution in [3.05, 3.63) is 76.3 Å². The first-order valence-electron chi connectivity index (χ1n) is 8.98.